The molecule has 0 aromatic carbocycles. The number of aliphatic carboxylic acids is 1. The average Bonchev–Trinajstić information content (AvgIpc) is 2.75. The molecule has 0 saturated carbocycles. The minimum absolute atomic E-state index is 0.0383. The van der Waals surface area contributed by atoms with Crippen LogP contribution in [0.15, 0.2) is 10.9 Å². The van der Waals surface area contributed by atoms with Crippen LogP contribution < -0.4 is 0 Å². The van der Waals surface area contributed by atoms with Gasteiger partial charge in [-0.3, -0.25) is 4.79 Å². The minimum atomic E-state index is -3.21. The first-order valence-electron chi connectivity index (χ1n) is 4.74. The van der Waals surface area contributed by atoms with E-state index < -0.39 is 21.2 Å². The standard InChI is InChI=1S/C9H11NO4S2/c11-8(12)9(1-2-16(13,14)5-9)3-7-4-15-6-10-7/h4,6H,1-3,5H2,(H,11,12). The van der Waals surface area contributed by atoms with Gasteiger partial charge in [0.15, 0.2) is 9.84 Å². The van der Waals surface area contributed by atoms with Gasteiger partial charge >= 0.3 is 5.97 Å². The second-order valence-corrected chi connectivity index (χ2v) is 6.99. The molecule has 1 N–H and O–H groups in total. The molecule has 5 nitrogen and oxygen atoms in total. The third-order valence-corrected chi connectivity index (χ3v) is 5.30. The second kappa shape index (κ2) is 3.81. The predicted molar refractivity (Wildman–Crippen MR) is 59.2 cm³/mol. The van der Waals surface area contributed by atoms with Crippen molar-refractivity contribution in [2.45, 2.75) is 12.8 Å². The summed E-state index contributed by atoms with van der Waals surface area (Å²) in [4.78, 5) is 15.3. The fraction of sp³-hybridized carbons (Fsp3) is 0.556. The molecule has 1 aromatic heterocycles. The molecule has 2 heterocycles. The molecular weight excluding hydrogens is 250 g/mol. The highest BCUT2D eigenvalue weighted by atomic mass is 32.2. The number of carbonyl (C=O) groups is 1. The molecule has 7 heteroatoms. The summed E-state index contributed by atoms with van der Waals surface area (Å²) in [6.07, 6.45) is 0.382. The molecule has 1 aromatic rings. The van der Waals surface area contributed by atoms with Gasteiger partial charge < -0.3 is 5.11 Å². The molecule has 1 atom stereocenters. The van der Waals surface area contributed by atoms with Crippen LogP contribution in [0, 0.1) is 5.41 Å². The van der Waals surface area contributed by atoms with E-state index in [-0.39, 0.29) is 24.3 Å². The number of nitrogens with zero attached hydrogens (tertiary/aromatic N) is 1. The van der Waals surface area contributed by atoms with Gasteiger partial charge in [-0.2, -0.15) is 0 Å². The largest absolute Gasteiger partial charge is 0.481 e. The van der Waals surface area contributed by atoms with Crippen LogP contribution in [0.3, 0.4) is 0 Å². The van der Waals surface area contributed by atoms with E-state index in [0.717, 1.165) is 0 Å². The lowest BCUT2D eigenvalue weighted by Gasteiger charge is -2.20. The molecule has 1 aliphatic rings. The molecule has 0 spiro atoms. The van der Waals surface area contributed by atoms with Gasteiger partial charge in [-0.25, -0.2) is 13.4 Å². The summed E-state index contributed by atoms with van der Waals surface area (Å²) >= 11 is 1.38. The lowest BCUT2D eigenvalue weighted by molar-refractivity contribution is -0.147. The Hall–Kier alpha value is -0.950. The maximum atomic E-state index is 11.4. The van der Waals surface area contributed by atoms with E-state index in [2.05, 4.69) is 4.98 Å². The molecule has 0 amide bonds. The van der Waals surface area contributed by atoms with E-state index in [4.69, 9.17) is 0 Å². The van der Waals surface area contributed by atoms with E-state index >= 15 is 0 Å². The fourth-order valence-corrected chi connectivity index (χ4v) is 4.59. The van der Waals surface area contributed by atoms with Gasteiger partial charge in [0.05, 0.1) is 28.1 Å². The van der Waals surface area contributed by atoms with Crippen molar-refractivity contribution < 1.29 is 18.3 Å². The number of thiazole rings is 1. The minimum Gasteiger partial charge on any atom is -0.481 e. The quantitative estimate of drug-likeness (QED) is 0.860. The van der Waals surface area contributed by atoms with Crippen molar-refractivity contribution in [2.75, 3.05) is 11.5 Å². The van der Waals surface area contributed by atoms with Crippen molar-refractivity contribution in [3.8, 4) is 0 Å². The first-order chi connectivity index (χ1) is 7.44. The van der Waals surface area contributed by atoms with Crippen LogP contribution in [0.2, 0.25) is 0 Å². The third-order valence-electron chi connectivity index (χ3n) is 2.84. The Balaban J connectivity index is 2.28. The summed E-state index contributed by atoms with van der Waals surface area (Å²) in [5.74, 6) is -1.35. The monoisotopic (exact) mass is 261 g/mol. The van der Waals surface area contributed by atoms with Crippen LogP contribution in [0.5, 0.6) is 0 Å². The van der Waals surface area contributed by atoms with E-state index in [0.29, 0.717) is 5.69 Å². The number of hydrogen-bond donors (Lipinski definition) is 1. The first-order valence-corrected chi connectivity index (χ1v) is 7.51. The molecule has 0 radical (unpaired) electrons. The van der Waals surface area contributed by atoms with E-state index in [1.165, 1.54) is 11.3 Å². The highest BCUT2D eigenvalue weighted by Crippen LogP contribution is 2.36. The molecule has 2 rings (SSSR count). The first kappa shape index (κ1) is 11.5. The number of carboxylic acids is 1. The normalized spacial score (nSPS) is 28.0. The zero-order valence-electron chi connectivity index (χ0n) is 8.42. The Bertz CT molecular complexity index is 494. The van der Waals surface area contributed by atoms with Crippen LogP contribution >= 0.6 is 11.3 Å². The molecule has 0 aliphatic carbocycles. The van der Waals surface area contributed by atoms with Crippen LogP contribution in [0.1, 0.15) is 12.1 Å². The van der Waals surface area contributed by atoms with Crippen LogP contribution in [-0.4, -0.2) is 36.0 Å². The van der Waals surface area contributed by atoms with E-state index in [1.54, 1.807) is 10.9 Å². The van der Waals surface area contributed by atoms with Crippen molar-refractivity contribution in [1.82, 2.24) is 4.98 Å². The van der Waals surface area contributed by atoms with Gasteiger partial charge in [-0.1, -0.05) is 0 Å². The topological polar surface area (TPSA) is 84.3 Å². The van der Waals surface area contributed by atoms with E-state index in [9.17, 15) is 18.3 Å². The SMILES string of the molecule is O=C(O)C1(Cc2cscn2)CCS(=O)(=O)C1. The van der Waals surface area contributed by atoms with Gasteiger partial charge in [0.1, 0.15) is 0 Å². The van der Waals surface area contributed by atoms with Gasteiger partial charge in [-0.05, 0) is 6.42 Å². The summed E-state index contributed by atoms with van der Waals surface area (Å²) in [5, 5.41) is 11.0. The number of sulfone groups is 1. The van der Waals surface area contributed by atoms with Gasteiger partial charge in [0.2, 0.25) is 0 Å². The maximum absolute atomic E-state index is 11.4. The van der Waals surface area contributed by atoms with Crippen molar-refractivity contribution >= 4 is 27.1 Å². The summed E-state index contributed by atoms with van der Waals surface area (Å²) in [6, 6.07) is 0. The van der Waals surface area contributed by atoms with Gasteiger partial charge in [0, 0.05) is 11.8 Å². The second-order valence-electron chi connectivity index (χ2n) is 4.08. The third kappa shape index (κ3) is 2.10. The Labute approximate surface area is 97.1 Å². The highest BCUT2D eigenvalue weighted by molar-refractivity contribution is 7.91. The van der Waals surface area contributed by atoms with Crippen molar-refractivity contribution in [1.29, 1.82) is 0 Å². The predicted octanol–water partition coefficient (Wildman–Crippen LogP) is 0.575. The fourth-order valence-electron chi connectivity index (χ4n) is 1.97. The van der Waals surface area contributed by atoms with E-state index in [1.807, 2.05) is 0 Å². The van der Waals surface area contributed by atoms with Gasteiger partial charge in [0.25, 0.3) is 0 Å². The number of hydrogen-bond acceptors (Lipinski definition) is 5. The maximum Gasteiger partial charge on any atom is 0.311 e. The van der Waals surface area contributed by atoms with Crippen LogP contribution in [-0.2, 0) is 21.1 Å². The molecular formula is C9H11NO4S2. The Morgan fingerprint density at radius 2 is 2.38 bits per heavy atom. The summed E-state index contributed by atoms with van der Waals surface area (Å²) in [7, 11) is -3.21. The Kier molecular flexibility index (Phi) is 2.75. The zero-order valence-corrected chi connectivity index (χ0v) is 10.1. The van der Waals surface area contributed by atoms with Crippen molar-refractivity contribution in [2.24, 2.45) is 5.41 Å². The Morgan fingerprint density at radius 3 is 2.81 bits per heavy atom. The molecule has 1 aliphatic heterocycles. The lowest BCUT2D eigenvalue weighted by Crippen LogP contribution is -2.34. The lowest BCUT2D eigenvalue weighted by atomic mass is 9.83. The number of carboxylic acid groups (broad SMARTS) is 1. The molecule has 1 fully saturated rings. The molecule has 16 heavy (non-hydrogen) atoms. The molecule has 0 bridgehead atoms. The summed E-state index contributed by atoms with van der Waals surface area (Å²) in [6.45, 7) is 0. The number of aromatic nitrogens is 1. The van der Waals surface area contributed by atoms with Crippen molar-refractivity contribution in [3.63, 3.8) is 0 Å². The smallest absolute Gasteiger partial charge is 0.311 e. The Morgan fingerprint density at radius 1 is 1.62 bits per heavy atom. The van der Waals surface area contributed by atoms with Crippen LogP contribution in [0.25, 0.3) is 0 Å². The molecule has 1 saturated heterocycles. The van der Waals surface area contributed by atoms with Crippen molar-refractivity contribution in [3.05, 3.63) is 16.6 Å². The molecule has 1 unspecified atom stereocenters. The number of rotatable bonds is 3. The highest BCUT2D eigenvalue weighted by Gasteiger charge is 2.48. The summed E-state index contributed by atoms with van der Waals surface area (Å²) in [5.41, 5.74) is 1.10. The van der Waals surface area contributed by atoms with Crippen LogP contribution in [0.4, 0.5) is 0 Å². The molecule has 88 valence electrons. The average molecular weight is 261 g/mol. The summed E-state index contributed by atoms with van der Waals surface area (Å²) < 4.78 is 22.8. The zero-order chi connectivity index (χ0) is 11.8. The van der Waals surface area contributed by atoms with Gasteiger partial charge in [-0.15, -0.1) is 11.3 Å².